The number of alkyl halides is 9. The third kappa shape index (κ3) is 5.97. The van der Waals surface area contributed by atoms with Crippen LogP contribution in [0, 0.1) is 11.3 Å². The van der Waals surface area contributed by atoms with Crippen LogP contribution in [-0.2, 0) is 18.9 Å². The molecule has 0 radical (unpaired) electrons. The second kappa shape index (κ2) is 8.88. The molecule has 3 aromatic rings. The van der Waals surface area contributed by atoms with Crippen molar-refractivity contribution in [1.82, 2.24) is 10.1 Å². The van der Waals surface area contributed by atoms with E-state index in [0.717, 1.165) is 36.4 Å². The molecule has 0 spiro atoms. The molecule has 0 amide bonds. The van der Waals surface area contributed by atoms with Crippen LogP contribution in [0.3, 0.4) is 0 Å². The molecule has 0 saturated carbocycles. The molecule has 0 fully saturated rings. The summed E-state index contributed by atoms with van der Waals surface area (Å²) in [6.07, 6.45) is -14.4. The van der Waals surface area contributed by atoms with Gasteiger partial charge in [-0.15, -0.1) is 0 Å². The maximum absolute atomic E-state index is 13.2. The first-order valence-corrected chi connectivity index (χ1v) is 9.10. The van der Waals surface area contributed by atoms with E-state index in [0.29, 0.717) is 11.0 Å². The van der Waals surface area contributed by atoms with Gasteiger partial charge in [-0.05, 0) is 30.3 Å². The maximum atomic E-state index is 13.2. The molecule has 0 aliphatic carbocycles. The lowest BCUT2D eigenvalue weighted by atomic mass is 10.1. The van der Waals surface area contributed by atoms with Crippen LogP contribution in [0.2, 0.25) is 0 Å². The van der Waals surface area contributed by atoms with E-state index in [1.54, 1.807) is 0 Å². The molecule has 14 heteroatoms. The van der Waals surface area contributed by atoms with Crippen molar-refractivity contribution in [3.05, 3.63) is 65.0 Å². The molecule has 180 valence electrons. The number of aromatic nitrogens is 2. The van der Waals surface area contributed by atoms with Gasteiger partial charge in [-0.3, -0.25) is 0 Å². The standard InChI is InChI=1S/C20H11F9N4O/c21-18(22,23)10-33(14-6-3-12(8-30)15(7-14)20(27,28)29)9-16-31-17(32-34-16)11-1-4-13(5-2-11)19(24,25)26/h1-7H,9-10H2. The van der Waals surface area contributed by atoms with Gasteiger partial charge in [0.25, 0.3) is 0 Å². The van der Waals surface area contributed by atoms with E-state index in [1.165, 1.54) is 6.07 Å². The molecule has 3 rings (SSSR count). The number of rotatable bonds is 5. The highest BCUT2D eigenvalue weighted by Gasteiger charge is 2.36. The average molecular weight is 494 g/mol. The van der Waals surface area contributed by atoms with E-state index in [9.17, 15) is 39.5 Å². The van der Waals surface area contributed by atoms with Gasteiger partial charge in [0.2, 0.25) is 11.7 Å². The Kier molecular flexibility index (Phi) is 6.50. The normalized spacial score (nSPS) is 12.5. The van der Waals surface area contributed by atoms with Gasteiger partial charge in [0.1, 0.15) is 6.54 Å². The molecule has 0 atom stereocenters. The number of halogens is 9. The van der Waals surface area contributed by atoms with Crippen LogP contribution in [0.1, 0.15) is 22.6 Å². The minimum atomic E-state index is -4.99. The van der Waals surface area contributed by atoms with Gasteiger partial charge in [0, 0.05) is 11.3 Å². The lowest BCUT2D eigenvalue weighted by Gasteiger charge is -2.25. The highest BCUT2D eigenvalue weighted by Crippen LogP contribution is 2.36. The summed E-state index contributed by atoms with van der Waals surface area (Å²) in [6, 6.07) is 6.93. The van der Waals surface area contributed by atoms with E-state index in [-0.39, 0.29) is 11.4 Å². The van der Waals surface area contributed by atoms with Crippen molar-refractivity contribution in [2.75, 3.05) is 11.4 Å². The summed E-state index contributed by atoms with van der Waals surface area (Å²) in [6.45, 7) is -2.45. The molecule has 2 aromatic carbocycles. The fourth-order valence-electron chi connectivity index (χ4n) is 2.92. The molecule has 1 heterocycles. The highest BCUT2D eigenvalue weighted by atomic mass is 19.4. The summed E-state index contributed by atoms with van der Waals surface area (Å²) >= 11 is 0. The molecule has 1 aromatic heterocycles. The zero-order chi connectivity index (χ0) is 25.3. The second-order valence-corrected chi connectivity index (χ2v) is 6.90. The monoisotopic (exact) mass is 494 g/mol. The Hall–Kier alpha value is -3.76. The maximum Gasteiger partial charge on any atom is 0.417 e. The Balaban J connectivity index is 1.92. The molecule has 5 nitrogen and oxygen atoms in total. The predicted octanol–water partition coefficient (Wildman–Crippen LogP) is 6.21. The van der Waals surface area contributed by atoms with Crippen LogP contribution in [0.5, 0.6) is 0 Å². The Bertz CT molecular complexity index is 1190. The summed E-state index contributed by atoms with van der Waals surface area (Å²) in [7, 11) is 0. The van der Waals surface area contributed by atoms with Crippen molar-refractivity contribution >= 4 is 5.69 Å². The molecular weight excluding hydrogens is 483 g/mol. The number of nitrogens with zero attached hydrogens (tertiary/aromatic N) is 4. The number of anilines is 1. The van der Waals surface area contributed by atoms with Crippen molar-refractivity contribution in [2.45, 2.75) is 25.1 Å². The van der Waals surface area contributed by atoms with Gasteiger partial charge in [-0.1, -0.05) is 17.3 Å². The first-order chi connectivity index (χ1) is 15.7. The van der Waals surface area contributed by atoms with Crippen LogP contribution in [0.25, 0.3) is 11.4 Å². The van der Waals surface area contributed by atoms with Crippen LogP contribution >= 0.6 is 0 Å². The molecular formula is C20H11F9N4O. The predicted molar refractivity (Wildman–Crippen MR) is 98.0 cm³/mol. The van der Waals surface area contributed by atoms with Gasteiger partial charge in [-0.2, -0.15) is 49.8 Å². The minimum Gasteiger partial charge on any atom is -0.353 e. The number of hydrogen-bond acceptors (Lipinski definition) is 5. The number of benzene rings is 2. The molecule has 0 aliphatic rings. The van der Waals surface area contributed by atoms with Crippen molar-refractivity contribution in [2.24, 2.45) is 0 Å². The minimum absolute atomic E-state index is 0.0723. The summed E-state index contributed by atoms with van der Waals surface area (Å²) in [4.78, 5) is 4.32. The fourth-order valence-corrected chi connectivity index (χ4v) is 2.92. The molecule has 0 aliphatic heterocycles. The van der Waals surface area contributed by atoms with Crippen LogP contribution in [0.4, 0.5) is 45.2 Å². The van der Waals surface area contributed by atoms with Gasteiger partial charge >= 0.3 is 18.5 Å². The Labute approximate surface area is 185 Å². The van der Waals surface area contributed by atoms with Gasteiger partial charge < -0.3 is 9.42 Å². The fraction of sp³-hybridized carbons (Fsp3) is 0.250. The summed E-state index contributed by atoms with van der Waals surface area (Å²) in [5.74, 6) is -0.663. The van der Waals surface area contributed by atoms with E-state index in [2.05, 4.69) is 10.1 Å². The third-order valence-corrected chi connectivity index (χ3v) is 4.43. The van der Waals surface area contributed by atoms with Crippen molar-refractivity contribution in [1.29, 1.82) is 5.26 Å². The van der Waals surface area contributed by atoms with Crippen molar-refractivity contribution in [3.8, 4) is 17.5 Å². The lowest BCUT2D eigenvalue weighted by Crippen LogP contribution is -2.34. The Morgan fingerprint density at radius 2 is 1.53 bits per heavy atom. The Morgan fingerprint density at radius 1 is 0.882 bits per heavy atom. The van der Waals surface area contributed by atoms with Crippen LogP contribution in [0.15, 0.2) is 47.0 Å². The smallest absolute Gasteiger partial charge is 0.353 e. The van der Waals surface area contributed by atoms with E-state index >= 15 is 0 Å². The first-order valence-electron chi connectivity index (χ1n) is 9.10. The molecule has 0 unspecified atom stereocenters. The largest absolute Gasteiger partial charge is 0.417 e. The second-order valence-electron chi connectivity index (χ2n) is 6.90. The Morgan fingerprint density at radius 3 is 2.06 bits per heavy atom. The van der Waals surface area contributed by atoms with Crippen LogP contribution < -0.4 is 4.90 Å². The zero-order valence-electron chi connectivity index (χ0n) is 16.6. The average Bonchev–Trinajstić information content (AvgIpc) is 3.19. The molecule has 34 heavy (non-hydrogen) atoms. The summed E-state index contributed by atoms with van der Waals surface area (Å²) in [5.41, 5.74) is -3.58. The zero-order valence-corrected chi connectivity index (χ0v) is 16.6. The van der Waals surface area contributed by atoms with E-state index < -0.39 is 59.9 Å². The topological polar surface area (TPSA) is 66.0 Å². The summed E-state index contributed by atoms with van der Waals surface area (Å²) < 4.78 is 122. The van der Waals surface area contributed by atoms with Crippen LogP contribution in [-0.4, -0.2) is 22.9 Å². The van der Waals surface area contributed by atoms with Crippen molar-refractivity contribution < 1.29 is 44.0 Å². The third-order valence-electron chi connectivity index (χ3n) is 4.43. The SMILES string of the molecule is N#Cc1ccc(N(Cc2nc(-c3ccc(C(F)(F)F)cc3)no2)CC(F)(F)F)cc1C(F)(F)F. The summed E-state index contributed by atoms with van der Waals surface area (Å²) in [5, 5.41) is 12.4. The molecule has 0 bridgehead atoms. The van der Waals surface area contributed by atoms with Gasteiger partial charge in [-0.25, -0.2) is 0 Å². The van der Waals surface area contributed by atoms with Gasteiger partial charge in [0.05, 0.1) is 29.3 Å². The molecule has 0 saturated heterocycles. The highest BCUT2D eigenvalue weighted by molar-refractivity contribution is 5.56. The van der Waals surface area contributed by atoms with Crippen molar-refractivity contribution in [3.63, 3.8) is 0 Å². The van der Waals surface area contributed by atoms with E-state index in [4.69, 9.17) is 9.78 Å². The molecule has 0 N–H and O–H groups in total. The first kappa shape index (κ1) is 24.9. The number of nitriles is 1. The quantitative estimate of drug-likeness (QED) is 0.395. The van der Waals surface area contributed by atoms with Gasteiger partial charge in [0.15, 0.2) is 0 Å². The lowest BCUT2D eigenvalue weighted by molar-refractivity contribution is -0.138. The van der Waals surface area contributed by atoms with E-state index in [1.807, 2.05) is 0 Å². The number of hydrogen-bond donors (Lipinski definition) is 0.